The van der Waals surface area contributed by atoms with E-state index >= 15 is 0 Å². The Kier molecular flexibility index (Phi) is 40.6. The molecule has 0 fully saturated rings. The molecule has 0 amide bonds. The van der Waals surface area contributed by atoms with Crippen LogP contribution in [0.4, 0.5) is 5.69 Å². The largest absolute Gasteiger partial charge is 0.385 e. The molecule has 3 heterocycles. The molecule has 294 valence electrons. The molecule has 3 aromatic carbocycles. The van der Waals surface area contributed by atoms with E-state index in [1.807, 2.05) is 104 Å². The van der Waals surface area contributed by atoms with Crippen molar-refractivity contribution in [3.05, 3.63) is 136 Å². The second-order valence-electron chi connectivity index (χ2n) is 10.7. The minimum absolute atomic E-state index is 0. The lowest BCUT2D eigenvalue weighted by atomic mass is 9.93. The van der Waals surface area contributed by atoms with Gasteiger partial charge in [-0.15, -0.1) is 0 Å². The van der Waals surface area contributed by atoms with Crippen LogP contribution in [0.5, 0.6) is 0 Å². The fourth-order valence-electron chi connectivity index (χ4n) is 5.28. The minimum Gasteiger partial charge on any atom is -0.385 e. The van der Waals surface area contributed by atoms with Crippen LogP contribution in [0.3, 0.4) is 0 Å². The SMILES string of the molecule is C.C.C.C.CC.CC.CC.CC.Cc1cccc2c1CCCN2.Cc1cccc2ncccc12.Cc1ccccc1.Cc1ccnc2c1CCCC2. The number of aryl methyl sites for hydroxylation is 5. The van der Waals surface area contributed by atoms with E-state index in [0.29, 0.717) is 0 Å². The first kappa shape index (κ1) is 57.4. The Morgan fingerprint density at radius 2 is 1.02 bits per heavy atom. The van der Waals surface area contributed by atoms with Gasteiger partial charge in [-0.2, -0.15) is 0 Å². The Balaban J connectivity index is -0.000000174. The van der Waals surface area contributed by atoms with Crippen molar-refractivity contribution in [2.45, 2.75) is 151 Å². The van der Waals surface area contributed by atoms with Crippen LogP contribution in [0.2, 0.25) is 0 Å². The third-order valence-corrected chi connectivity index (χ3v) is 7.60. The van der Waals surface area contributed by atoms with Crippen LogP contribution in [-0.2, 0) is 19.3 Å². The fourth-order valence-corrected chi connectivity index (χ4v) is 5.28. The van der Waals surface area contributed by atoms with Crippen LogP contribution in [0.25, 0.3) is 10.9 Å². The molecule has 0 atom stereocenters. The quantitative estimate of drug-likeness (QED) is 0.174. The van der Waals surface area contributed by atoms with Crippen molar-refractivity contribution < 1.29 is 0 Å². The summed E-state index contributed by atoms with van der Waals surface area (Å²) in [5.74, 6) is 0. The molecule has 1 aliphatic carbocycles. The number of anilines is 1. The Bertz CT molecular complexity index is 1430. The lowest BCUT2D eigenvalue weighted by Crippen LogP contribution is -2.12. The van der Waals surface area contributed by atoms with Crippen LogP contribution in [0, 0.1) is 27.7 Å². The molecule has 3 heteroatoms. The highest BCUT2D eigenvalue weighted by molar-refractivity contribution is 5.81. The van der Waals surface area contributed by atoms with Gasteiger partial charge in [-0.25, -0.2) is 0 Å². The first-order valence-corrected chi connectivity index (χ1v) is 18.6. The Labute approximate surface area is 325 Å². The number of nitrogens with zero attached hydrogens (tertiary/aromatic N) is 2. The van der Waals surface area contributed by atoms with Gasteiger partial charge in [-0.3, -0.25) is 9.97 Å². The van der Waals surface area contributed by atoms with Crippen molar-refractivity contribution in [3.8, 4) is 0 Å². The van der Waals surface area contributed by atoms with Crippen molar-refractivity contribution in [2.24, 2.45) is 0 Å². The first-order chi connectivity index (χ1) is 23.5. The molecule has 3 nitrogen and oxygen atoms in total. The average molecular weight is 714 g/mol. The summed E-state index contributed by atoms with van der Waals surface area (Å²) in [4.78, 5) is 8.62. The maximum Gasteiger partial charge on any atom is 0.0704 e. The zero-order chi connectivity index (χ0) is 36.2. The number of benzene rings is 3. The summed E-state index contributed by atoms with van der Waals surface area (Å²) in [5.41, 5.74) is 12.3. The average Bonchev–Trinajstić information content (AvgIpc) is 3.17. The van der Waals surface area contributed by atoms with Gasteiger partial charge in [0.25, 0.3) is 0 Å². The van der Waals surface area contributed by atoms with E-state index < -0.39 is 0 Å². The normalized spacial score (nSPS) is 10.5. The van der Waals surface area contributed by atoms with Gasteiger partial charge in [0.15, 0.2) is 0 Å². The highest BCUT2D eigenvalue weighted by Crippen LogP contribution is 2.24. The highest BCUT2D eigenvalue weighted by atomic mass is 14.9. The monoisotopic (exact) mass is 714 g/mol. The van der Waals surface area contributed by atoms with Gasteiger partial charge in [0.2, 0.25) is 0 Å². The third-order valence-electron chi connectivity index (χ3n) is 7.60. The molecule has 2 aliphatic rings. The Morgan fingerprint density at radius 1 is 0.462 bits per heavy atom. The standard InChI is InChI=1S/C10H13N.C10H9N.C10H13N.C7H8.4C2H6.4CH4/c2*1-8-4-2-6-10-9(8)5-3-7-11-10;1-8-6-7-11-10-5-3-2-4-9(8)10;1-7-5-3-2-4-6-7;4*1-2;;;;/h2,4,6,11H,3,5,7H2,1H3;2-7H,1H3;6-7H,2-5H2,1H3;2-6H,1H3;4*1-2H3;4*1H4. The Hall–Kier alpha value is -3.98. The number of fused-ring (bicyclic) bond motifs is 3. The summed E-state index contributed by atoms with van der Waals surface area (Å²) < 4.78 is 0. The number of hydrogen-bond acceptors (Lipinski definition) is 3. The van der Waals surface area contributed by atoms with Crippen molar-refractivity contribution >= 4 is 16.6 Å². The van der Waals surface area contributed by atoms with Crippen molar-refractivity contribution in [2.75, 3.05) is 11.9 Å². The molecule has 0 saturated carbocycles. The molecule has 5 aromatic rings. The third kappa shape index (κ3) is 20.8. The van der Waals surface area contributed by atoms with Gasteiger partial charge in [-0.05, 0) is 118 Å². The van der Waals surface area contributed by atoms with E-state index in [-0.39, 0.29) is 29.7 Å². The van der Waals surface area contributed by atoms with Gasteiger partial charge in [0.05, 0.1) is 5.52 Å². The summed E-state index contributed by atoms with van der Waals surface area (Å²) in [6, 6.07) is 29.1. The maximum absolute atomic E-state index is 4.38. The van der Waals surface area contributed by atoms with E-state index in [0.717, 1.165) is 12.1 Å². The van der Waals surface area contributed by atoms with Crippen LogP contribution in [-0.4, -0.2) is 16.5 Å². The molecular formula is C49H83N3. The number of hydrogen-bond donors (Lipinski definition) is 1. The summed E-state index contributed by atoms with van der Waals surface area (Å²) >= 11 is 0. The zero-order valence-corrected chi connectivity index (χ0v) is 32.6. The molecule has 52 heavy (non-hydrogen) atoms. The lowest BCUT2D eigenvalue weighted by molar-refractivity contribution is 0.664. The summed E-state index contributed by atoms with van der Waals surface area (Å²) in [6.07, 6.45) is 11.4. The van der Waals surface area contributed by atoms with E-state index in [9.17, 15) is 0 Å². The van der Waals surface area contributed by atoms with Gasteiger partial charge < -0.3 is 5.32 Å². The fraction of sp³-hybridized carbons (Fsp3) is 0.469. The molecule has 0 unspecified atom stereocenters. The molecule has 7 rings (SSSR count). The van der Waals surface area contributed by atoms with Crippen LogP contribution < -0.4 is 5.32 Å². The number of aromatic nitrogens is 2. The molecule has 0 saturated heterocycles. The molecule has 0 bridgehead atoms. The second kappa shape index (κ2) is 36.8. The van der Waals surface area contributed by atoms with Gasteiger partial charge in [0, 0.05) is 35.7 Å². The van der Waals surface area contributed by atoms with Gasteiger partial charge in [-0.1, -0.05) is 151 Å². The van der Waals surface area contributed by atoms with Crippen molar-refractivity contribution in [1.29, 1.82) is 0 Å². The Morgan fingerprint density at radius 3 is 1.58 bits per heavy atom. The first-order valence-electron chi connectivity index (χ1n) is 18.6. The van der Waals surface area contributed by atoms with Crippen molar-refractivity contribution in [1.82, 2.24) is 9.97 Å². The molecule has 1 aliphatic heterocycles. The van der Waals surface area contributed by atoms with Gasteiger partial charge >= 0.3 is 0 Å². The highest BCUT2D eigenvalue weighted by Gasteiger charge is 2.11. The van der Waals surface area contributed by atoms with E-state index in [1.54, 1.807) is 0 Å². The summed E-state index contributed by atoms with van der Waals surface area (Å²) in [7, 11) is 0. The predicted molar refractivity (Wildman–Crippen MR) is 244 cm³/mol. The van der Waals surface area contributed by atoms with Crippen LogP contribution in [0.15, 0.2) is 97.3 Å². The minimum atomic E-state index is 0. The molecule has 0 spiro atoms. The van der Waals surface area contributed by atoms with Crippen molar-refractivity contribution in [3.63, 3.8) is 0 Å². The van der Waals surface area contributed by atoms with Crippen LogP contribution >= 0.6 is 0 Å². The predicted octanol–water partition coefficient (Wildman–Crippen LogP) is 15.8. The lowest BCUT2D eigenvalue weighted by Gasteiger charge is -2.19. The van der Waals surface area contributed by atoms with E-state index in [4.69, 9.17) is 0 Å². The number of nitrogens with one attached hydrogen (secondary N) is 1. The zero-order valence-electron chi connectivity index (χ0n) is 32.6. The molecule has 0 radical (unpaired) electrons. The number of pyridine rings is 2. The summed E-state index contributed by atoms with van der Waals surface area (Å²) in [6.45, 7) is 25.7. The molecule has 1 N–H and O–H groups in total. The van der Waals surface area contributed by atoms with Gasteiger partial charge in [0.1, 0.15) is 0 Å². The maximum atomic E-state index is 4.38. The topological polar surface area (TPSA) is 37.8 Å². The summed E-state index contributed by atoms with van der Waals surface area (Å²) in [5, 5.41) is 4.65. The van der Waals surface area contributed by atoms with Crippen LogP contribution in [0.1, 0.15) is 143 Å². The van der Waals surface area contributed by atoms with E-state index in [2.05, 4.69) is 91.5 Å². The number of rotatable bonds is 0. The van der Waals surface area contributed by atoms with E-state index in [1.165, 1.54) is 88.7 Å². The second-order valence-corrected chi connectivity index (χ2v) is 10.7. The smallest absolute Gasteiger partial charge is 0.0704 e. The molecular weight excluding hydrogens is 631 g/mol. The molecule has 2 aromatic heterocycles.